The maximum Gasteiger partial charge on any atom is 0.220 e. The van der Waals surface area contributed by atoms with Crippen LogP contribution in [0.1, 0.15) is 37.3 Å². The predicted octanol–water partition coefficient (Wildman–Crippen LogP) is 3.04. The molecule has 1 amide bonds. The van der Waals surface area contributed by atoms with Crippen LogP contribution in [0.25, 0.3) is 0 Å². The minimum atomic E-state index is -0.628. The van der Waals surface area contributed by atoms with Gasteiger partial charge in [-0.3, -0.25) is 4.79 Å². The molecule has 0 saturated heterocycles. The van der Waals surface area contributed by atoms with Gasteiger partial charge in [-0.1, -0.05) is 6.07 Å². The fourth-order valence-electron chi connectivity index (χ4n) is 2.65. The smallest absolute Gasteiger partial charge is 0.220 e. The molecule has 1 aliphatic heterocycles. The second kappa shape index (κ2) is 8.17. The topological polar surface area (TPSA) is 57.1 Å². The Labute approximate surface area is 146 Å². The Morgan fingerprint density at radius 2 is 1.96 bits per heavy atom. The lowest BCUT2D eigenvalue weighted by Crippen LogP contribution is -2.35. The van der Waals surface area contributed by atoms with E-state index in [0.29, 0.717) is 19.3 Å². The highest BCUT2D eigenvalue weighted by molar-refractivity contribution is 5.76. The third-order valence-corrected chi connectivity index (χ3v) is 4.25. The van der Waals surface area contributed by atoms with Crippen LogP contribution in [0.2, 0.25) is 0 Å². The molecular weight excluding hydrogens is 326 g/mol. The average molecular weight is 348 g/mol. The van der Waals surface area contributed by atoms with Crippen molar-refractivity contribution in [3.8, 4) is 12.3 Å². The lowest BCUT2D eigenvalue weighted by atomic mass is 10.0. The van der Waals surface area contributed by atoms with E-state index in [2.05, 4.69) is 21.5 Å². The van der Waals surface area contributed by atoms with Gasteiger partial charge >= 0.3 is 0 Å². The Morgan fingerprint density at radius 1 is 1.32 bits per heavy atom. The fourth-order valence-corrected chi connectivity index (χ4v) is 2.65. The molecule has 25 heavy (non-hydrogen) atoms. The van der Waals surface area contributed by atoms with Gasteiger partial charge in [0, 0.05) is 37.8 Å². The van der Waals surface area contributed by atoms with Crippen LogP contribution < -0.4 is 5.32 Å². The van der Waals surface area contributed by atoms with E-state index in [9.17, 15) is 13.6 Å². The van der Waals surface area contributed by atoms with Gasteiger partial charge in [-0.25, -0.2) is 8.78 Å². The molecule has 0 bridgehead atoms. The Morgan fingerprint density at radius 3 is 2.48 bits per heavy atom. The first-order valence-corrected chi connectivity index (χ1v) is 8.13. The molecule has 0 radical (unpaired) electrons. The van der Waals surface area contributed by atoms with E-state index < -0.39 is 23.3 Å². The summed E-state index contributed by atoms with van der Waals surface area (Å²) < 4.78 is 28.0. The van der Waals surface area contributed by atoms with Gasteiger partial charge in [0.2, 0.25) is 5.91 Å². The molecule has 5 nitrogen and oxygen atoms in total. The zero-order chi connectivity index (χ0) is 18.4. The van der Waals surface area contributed by atoms with Crippen LogP contribution >= 0.6 is 0 Å². The standard InChI is InChI=1S/C18H22F2N4O/c1-4-5-10-18(22-23-18)11-9-16(25)21-12-15(24(2)3)17-13(19)7-6-8-14(17)20/h1,6-8,15H,5,9-12H2,2-3H3,(H,21,25). The molecule has 1 N–H and O–H groups in total. The molecule has 0 spiro atoms. The van der Waals surface area contributed by atoms with Gasteiger partial charge in [-0.15, -0.1) is 12.3 Å². The normalized spacial score (nSPS) is 15.7. The molecule has 1 aromatic rings. The summed E-state index contributed by atoms with van der Waals surface area (Å²) in [6.07, 6.45) is 7.15. The zero-order valence-corrected chi connectivity index (χ0v) is 14.4. The Hall–Kier alpha value is -2.33. The molecule has 1 heterocycles. The van der Waals surface area contributed by atoms with E-state index in [0.717, 1.165) is 0 Å². The lowest BCUT2D eigenvalue weighted by Gasteiger charge is -2.26. The van der Waals surface area contributed by atoms with E-state index in [-0.39, 0.29) is 24.4 Å². The number of carbonyl (C=O) groups excluding carboxylic acids is 1. The first kappa shape index (κ1) is 19.0. The molecule has 2 rings (SSSR count). The highest BCUT2D eigenvalue weighted by Crippen LogP contribution is 2.37. The Kier molecular flexibility index (Phi) is 6.21. The van der Waals surface area contributed by atoms with E-state index in [4.69, 9.17) is 6.42 Å². The summed E-state index contributed by atoms with van der Waals surface area (Å²) in [5.41, 5.74) is -0.562. The van der Waals surface area contributed by atoms with Gasteiger partial charge in [0.1, 0.15) is 11.6 Å². The number of hydrogen-bond acceptors (Lipinski definition) is 4. The summed E-state index contributed by atoms with van der Waals surface area (Å²) in [7, 11) is 3.42. The third-order valence-electron chi connectivity index (χ3n) is 4.25. The number of nitrogens with zero attached hydrogens (tertiary/aromatic N) is 3. The van der Waals surface area contributed by atoms with Crippen molar-refractivity contribution in [1.29, 1.82) is 0 Å². The maximum atomic E-state index is 14.0. The fraction of sp³-hybridized carbons (Fsp3) is 0.500. The molecule has 1 atom stereocenters. The summed E-state index contributed by atoms with van der Waals surface area (Å²) in [6, 6.07) is 3.14. The molecule has 7 heteroatoms. The van der Waals surface area contributed by atoms with Crippen molar-refractivity contribution >= 4 is 5.91 Å². The number of terminal acetylenes is 1. The molecule has 0 saturated carbocycles. The second-order valence-electron chi connectivity index (χ2n) is 6.31. The Bertz CT molecular complexity index is 671. The number of halogens is 2. The van der Waals surface area contributed by atoms with Crippen LogP contribution in [0.15, 0.2) is 28.4 Å². The number of benzene rings is 1. The minimum absolute atomic E-state index is 0.0505. The number of nitrogens with one attached hydrogen (secondary N) is 1. The van der Waals surface area contributed by atoms with Crippen LogP contribution in [0, 0.1) is 24.0 Å². The molecule has 0 aliphatic carbocycles. The summed E-state index contributed by atoms with van der Waals surface area (Å²) in [4.78, 5) is 13.7. The molecule has 134 valence electrons. The number of likely N-dealkylation sites (N-methyl/N-ethyl adjacent to an activating group) is 1. The van der Waals surface area contributed by atoms with Crippen molar-refractivity contribution in [2.75, 3.05) is 20.6 Å². The van der Waals surface area contributed by atoms with Gasteiger partial charge in [-0.05, 0) is 26.2 Å². The van der Waals surface area contributed by atoms with Gasteiger partial charge in [0.05, 0.1) is 6.04 Å². The van der Waals surface area contributed by atoms with Gasteiger partial charge < -0.3 is 10.2 Å². The van der Waals surface area contributed by atoms with Crippen LogP contribution in [-0.2, 0) is 4.79 Å². The average Bonchev–Trinajstić information content (AvgIpc) is 3.34. The molecule has 1 unspecified atom stereocenters. The van der Waals surface area contributed by atoms with Crippen molar-refractivity contribution in [3.05, 3.63) is 35.4 Å². The molecule has 0 aromatic heterocycles. The summed E-state index contributed by atoms with van der Waals surface area (Å²) in [5, 5.41) is 10.7. The maximum absolute atomic E-state index is 14.0. The van der Waals surface area contributed by atoms with E-state index >= 15 is 0 Å². The summed E-state index contributed by atoms with van der Waals surface area (Å²) in [6.45, 7) is 0.106. The van der Waals surface area contributed by atoms with Crippen LogP contribution in [0.3, 0.4) is 0 Å². The molecule has 0 fully saturated rings. The predicted molar refractivity (Wildman–Crippen MR) is 90.7 cm³/mol. The summed E-state index contributed by atoms with van der Waals surface area (Å²) >= 11 is 0. The highest BCUT2D eigenvalue weighted by Gasteiger charge is 2.39. The van der Waals surface area contributed by atoms with Crippen LogP contribution in [0.4, 0.5) is 8.78 Å². The highest BCUT2D eigenvalue weighted by atomic mass is 19.1. The van der Waals surface area contributed by atoms with Gasteiger partial charge in [-0.2, -0.15) is 10.2 Å². The second-order valence-corrected chi connectivity index (χ2v) is 6.31. The van der Waals surface area contributed by atoms with Gasteiger partial charge in [0.25, 0.3) is 0 Å². The summed E-state index contributed by atoms with van der Waals surface area (Å²) in [5.74, 6) is 1.07. The van der Waals surface area contributed by atoms with E-state index in [1.54, 1.807) is 19.0 Å². The quantitative estimate of drug-likeness (QED) is 0.698. The van der Waals surface area contributed by atoms with Crippen molar-refractivity contribution in [1.82, 2.24) is 10.2 Å². The lowest BCUT2D eigenvalue weighted by molar-refractivity contribution is -0.121. The van der Waals surface area contributed by atoms with Crippen molar-refractivity contribution in [3.63, 3.8) is 0 Å². The number of amides is 1. The van der Waals surface area contributed by atoms with Crippen molar-refractivity contribution in [2.24, 2.45) is 10.2 Å². The number of rotatable bonds is 9. The zero-order valence-electron chi connectivity index (χ0n) is 14.4. The molecule has 1 aromatic carbocycles. The van der Waals surface area contributed by atoms with E-state index in [1.165, 1.54) is 18.2 Å². The van der Waals surface area contributed by atoms with Gasteiger partial charge in [0.15, 0.2) is 5.66 Å². The van der Waals surface area contributed by atoms with Crippen LogP contribution in [0.5, 0.6) is 0 Å². The SMILES string of the molecule is C#CCCC1(CCC(=O)NCC(c2c(F)cccc2F)N(C)C)N=N1. The first-order chi connectivity index (χ1) is 11.9. The number of carbonyl (C=O) groups is 1. The molecule has 1 aliphatic rings. The largest absolute Gasteiger partial charge is 0.354 e. The molecular formula is C18H22F2N4O. The Balaban J connectivity index is 1.89. The van der Waals surface area contributed by atoms with Crippen molar-refractivity contribution < 1.29 is 13.6 Å². The number of hydrogen-bond donors (Lipinski definition) is 1. The minimum Gasteiger partial charge on any atom is -0.354 e. The van der Waals surface area contributed by atoms with E-state index in [1.807, 2.05) is 0 Å². The first-order valence-electron chi connectivity index (χ1n) is 8.13. The third kappa shape index (κ3) is 5.07. The van der Waals surface area contributed by atoms with Crippen molar-refractivity contribution in [2.45, 2.75) is 37.4 Å². The monoisotopic (exact) mass is 348 g/mol. The van der Waals surface area contributed by atoms with Crippen LogP contribution in [-0.4, -0.2) is 37.1 Å².